The third-order valence-corrected chi connectivity index (χ3v) is 2.29. The molecule has 1 heterocycles. The van der Waals surface area contributed by atoms with Crippen LogP contribution in [-0.2, 0) is 4.74 Å². The Kier molecular flexibility index (Phi) is 3.92. The first-order valence-corrected chi connectivity index (χ1v) is 4.73. The molecule has 1 saturated heterocycles. The van der Waals surface area contributed by atoms with Crippen molar-refractivity contribution in [3.05, 3.63) is 6.42 Å². The third-order valence-electron chi connectivity index (χ3n) is 2.29. The van der Waals surface area contributed by atoms with Crippen LogP contribution in [0.4, 0.5) is 0 Å². The predicted octanol–water partition coefficient (Wildman–Crippen LogP) is 2.68. The Morgan fingerprint density at radius 1 is 1.45 bits per heavy atom. The van der Waals surface area contributed by atoms with Gasteiger partial charge >= 0.3 is 0 Å². The summed E-state index contributed by atoms with van der Waals surface area (Å²) in [6.45, 7) is 5.31. The molecule has 0 amide bonds. The summed E-state index contributed by atoms with van der Waals surface area (Å²) in [5, 5.41) is 0. The highest BCUT2D eigenvalue weighted by atomic mass is 16.5. The summed E-state index contributed by atoms with van der Waals surface area (Å²) in [4.78, 5) is 0. The highest BCUT2D eigenvalue weighted by Crippen LogP contribution is 2.25. The van der Waals surface area contributed by atoms with Crippen LogP contribution in [0.2, 0.25) is 0 Å². The summed E-state index contributed by atoms with van der Waals surface area (Å²) in [6.07, 6.45) is 8.62. The molecule has 1 aliphatic heterocycles. The van der Waals surface area contributed by atoms with Gasteiger partial charge in [-0.3, -0.25) is 0 Å². The Balaban J connectivity index is 2.31. The van der Waals surface area contributed by atoms with E-state index in [-0.39, 0.29) is 0 Å². The van der Waals surface area contributed by atoms with E-state index in [2.05, 4.69) is 20.3 Å². The van der Waals surface area contributed by atoms with Gasteiger partial charge in [0.05, 0.1) is 6.10 Å². The van der Waals surface area contributed by atoms with E-state index >= 15 is 0 Å². The summed E-state index contributed by atoms with van der Waals surface area (Å²) in [5.41, 5.74) is 0. The van der Waals surface area contributed by atoms with Crippen LogP contribution in [-0.4, -0.2) is 12.7 Å². The molecule has 1 fully saturated rings. The van der Waals surface area contributed by atoms with Gasteiger partial charge in [0.25, 0.3) is 0 Å². The quantitative estimate of drug-likeness (QED) is 0.607. The molecule has 0 saturated carbocycles. The van der Waals surface area contributed by atoms with Crippen molar-refractivity contribution in [2.45, 2.75) is 45.6 Å². The monoisotopic (exact) mass is 154 g/mol. The van der Waals surface area contributed by atoms with Crippen molar-refractivity contribution in [3.8, 4) is 0 Å². The molecular weight excluding hydrogens is 136 g/mol. The van der Waals surface area contributed by atoms with E-state index in [4.69, 9.17) is 4.74 Å². The maximum Gasteiger partial charge on any atom is 0.0606 e. The van der Waals surface area contributed by atoms with Gasteiger partial charge in [-0.05, 0) is 31.6 Å². The topological polar surface area (TPSA) is 9.23 Å². The molecule has 0 aromatic rings. The Hall–Kier alpha value is -0.0400. The van der Waals surface area contributed by atoms with E-state index in [1.807, 2.05) is 0 Å². The van der Waals surface area contributed by atoms with Gasteiger partial charge in [-0.1, -0.05) is 20.3 Å². The van der Waals surface area contributed by atoms with Crippen LogP contribution >= 0.6 is 0 Å². The molecule has 2 unspecified atom stereocenters. The molecule has 1 heteroatoms. The average molecular weight is 154 g/mol. The van der Waals surface area contributed by atoms with Gasteiger partial charge in [0.15, 0.2) is 0 Å². The Morgan fingerprint density at radius 2 is 2.27 bits per heavy atom. The van der Waals surface area contributed by atoms with Gasteiger partial charge in [-0.15, -0.1) is 0 Å². The zero-order valence-corrected chi connectivity index (χ0v) is 7.60. The second-order valence-corrected chi connectivity index (χ2v) is 3.17. The first kappa shape index (κ1) is 9.05. The van der Waals surface area contributed by atoms with E-state index < -0.39 is 0 Å². The van der Waals surface area contributed by atoms with Crippen LogP contribution in [0.1, 0.15) is 39.5 Å². The Labute approximate surface area is 70.1 Å². The second-order valence-electron chi connectivity index (χ2n) is 3.17. The van der Waals surface area contributed by atoms with Crippen LogP contribution in [0.5, 0.6) is 0 Å². The molecule has 0 aromatic carbocycles. The van der Waals surface area contributed by atoms with Crippen LogP contribution in [0, 0.1) is 12.3 Å². The van der Waals surface area contributed by atoms with E-state index in [9.17, 15) is 0 Å². The highest BCUT2D eigenvalue weighted by molar-refractivity contribution is 4.85. The van der Waals surface area contributed by atoms with Crippen molar-refractivity contribution in [1.82, 2.24) is 0 Å². The lowest BCUT2D eigenvalue weighted by molar-refractivity contribution is -0.00741. The standard InChI is InChI=1S/C10H18O/c1-3-6-9-7-5-8-11-10(9)4-2/h9-10H,3-6,8H2,1-2H3. The summed E-state index contributed by atoms with van der Waals surface area (Å²) >= 11 is 0. The van der Waals surface area contributed by atoms with Crippen LogP contribution in [0.15, 0.2) is 0 Å². The normalized spacial score (nSPS) is 32.2. The van der Waals surface area contributed by atoms with Crippen molar-refractivity contribution < 1.29 is 4.74 Å². The smallest absolute Gasteiger partial charge is 0.0606 e. The summed E-state index contributed by atoms with van der Waals surface area (Å²) < 4.78 is 5.63. The van der Waals surface area contributed by atoms with Crippen LogP contribution < -0.4 is 0 Å². The molecule has 11 heavy (non-hydrogen) atoms. The van der Waals surface area contributed by atoms with Crippen LogP contribution in [0.3, 0.4) is 0 Å². The van der Waals surface area contributed by atoms with E-state index in [0.717, 1.165) is 19.4 Å². The molecule has 0 N–H and O–H groups in total. The Morgan fingerprint density at radius 3 is 2.91 bits per heavy atom. The fraction of sp³-hybridized carbons (Fsp3) is 0.900. The van der Waals surface area contributed by atoms with Gasteiger partial charge in [-0.25, -0.2) is 0 Å². The fourth-order valence-corrected chi connectivity index (χ4v) is 1.70. The number of ether oxygens (including phenoxy) is 1. The van der Waals surface area contributed by atoms with E-state index in [1.54, 1.807) is 0 Å². The lowest BCUT2D eigenvalue weighted by Gasteiger charge is -2.30. The average Bonchev–Trinajstić information content (AvgIpc) is 2.06. The zero-order chi connectivity index (χ0) is 8.10. The van der Waals surface area contributed by atoms with E-state index in [1.165, 1.54) is 12.8 Å². The van der Waals surface area contributed by atoms with E-state index in [0.29, 0.717) is 12.0 Å². The van der Waals surface area contributed by atoms with Crippen molar-refractivity contribution in [2.75, 3.05) is 6.61 Å². The summed E-state index contributed by atoms with van der Waals surface area (Å²) in [7, 11) is 0. The lowest BCUT2D eigenvalue weighted by Crippen LogP contribution is -2.29. The predicted molar refractivity (Wildman–Crippen MR) is 46.3 cm³/mol. The number of hydrogen-bond donors (Lipinski definition) is 0. The molecule has 1 nitrogen and oxygen atoms in total. The van der Waals surface area contributed by atoms with Crippen molar-refractivity contribution in [2.24, 2.45) is 5.92 Å². The van der Waals surface area contributed by atoms with Crippen LogP contribution in [0.25, 0.3) is 0 Å². The largest absolute Gasteiger partial charge is 0.378 e. The minimum absolute atomic E-state index is 0.462. The third kappa shape index (κ3) is 2.48. The van der Waals surface area contributed by atoms with Gasteiger partial charge < -0.3 is 4.74 Å². The fourth-order valence-electron chi connectivity index (χ4n) is 1.70. The van der Waals surface area contributed by atoms with Gasteiger partial charge in [-0.2, -0.15) is 0 Å². The van der Waals surface area contributed by atoms with Gasteiger partial charge in [0.2, 0.25) is 0 Å². The molecule has 1 rings (SSSR count). The molecule has 2 radical (unpaired) electrons. The van der Waals surface area contributed by atoms with Gasteiger partial charge in [0.1, 0.15) is 0 Å². The van der Waals surface area contributed by atoms with Crippen molar-refractivity contribution >= 4 is 0 Å². The Bertz CT molecular complexity index is 99.0. The lowest BCUT2D eigenvalue weighted by atomic mass is 9.89. The number of hydrogen-bond acceptors (Lipinski definition) is 1. The molecule has 0 bridgehead atoms. The molecular formula is C10H18O. The minimum atomic E-state index is 0.462. The zero-order valence-electron chi connectivity index (χ0n) is 7.60. The molecule has 64 valence electrons. The first-order valence-electron chi connectivity index (χ1n) is 4.73. The maximum absolute atomic E-state index is 5.63. The molecule has 0 aromatic heterocycles. The number of rotatable bonds is 3. The molecule has 0 spiro atoms. The summed E-state index contributed by atoms with van der Waals surface area (Å²) in [6, 6.07) is 0. The van der Waals surface area contributed by atoms with Crippen molar-refractivity contribution in [3.63, 3.8) is 0 Å². The molecule has 0 aliphatic carbocycles. The van der Waals surface area contributed by atoms with Gasteiger partial charge in [0, 0.05) is 6.61 Å². The second kappa shape index (κ2) is 4.76. The maximum atomic E-state index is 5.63. The minimum Gasteiger partial charge on any atom is -0.378 e. The first-order chi connectivity index (χ1) is 5.38. The molecule has 2 atom stereocenters. The molecule has 1 aliphatic rings. The SMILES string of the molecule is CCCC1[C]CCOC1CC. The summed E-state index contributed by atoms with van der Waals surface area (Å²) in [5.74, 6) is 0.610. The van der Waals surface area contributed by atoms with Crippen molar-refractivity contribution in [1.29, 1.82) is 0 Å². The highest BCUT2D eigenvalue weighted by Gasteiger charge is 2.23.